The molecule has 0 aliphatic rings. The van der Waals surface area contributed by atoms with E-state index in [4.69, 9.17) is 9.79 Å². The van der Waals surface area contributed by atoms with E-state index in [1.54, 1.807) is 0 Å². The fourth-order valence-corrected chi connectivity index (χ4v) is 1.44. The molecule has 0 fully saturated rings. The standard InChI is InChI=1S/C6H12NO4P/c1-4-7(12(9,10)11)6(8)5(2)3/h2,4H2,1,3H3,(H2,9,10,11). The molecule has 5 nitrogen and oxygen atoms in total. The first-order valence-corrected chi connectivity index (χ1v) is 4.90. The minimum atomic E-state index is -4.46. The van der Waals surface area contributed by atoms with Gasteiger partial charge in [-0.05, 0) is 13.8 Å². The van der Waals surface area contributed by atoms with Crippen molar-refractivity contribution in [1.82, 2.24) is 4.67 Å². The van der Waals surface area contributed by atoms with E-state index in [-0.39, 0.29) is 12.1 Å². The van der Waals surface area contributed by atoms with Crippen molar-refractivity contribution in [3.63, 3.8) is 0 Å². The number of likely N-dealkylation sites (N-methyl/N-ethyl adjacent to an activating group) is 1. The Balaban J connectivity index is 4.70. The maximum Gasteiger partial charge on any atom is 0.432 e. The summed E-state index contributed by atoms with van der Waals surface area (Å²) in [4.78, 5) is 28.4. The third kappa shape index (κ3) is 2.77. The van der Waals surface area contributed by atoms with Crippen LogP contribution in [0.3, 0.4) is 0 Å². The molecule has 0 heterocycles. The van der Waals surface area contributed by atoms with Gasteiger partial charge in [0.25, 0.3) is 5.91 Å². The molecule has 0 aromatic carbocycles. The molecule has 0 unspecified atom stereocenters. The number of amides is 1. The van der Waals surface area contributed by atoms with Gasteiger partial charge in [0.1, 0.15) is 0 Å². The van der Waals surface area contributed by atoms with Gasteiger partial charge in [0, 0.05) is 12.1 Å². The third-order valence-corrected chi connectivity index (χ3v) is 2.31. The lowest BCUT2D eigenvalue weighted by Crippen LogP contribution is -2.27. The lowest BCUT2D eigenvalue weighted by Gasteiger charge is -2.21. The van der Waals surface area contributed by atoms with Gasteiger partial charge in [-0.1, -0.05) is 6.58 Å². The van der Waals surface area contributed by atoms with Crippen LogP contribution in [-0.2, 0) is 9.36 Å². The van der Waals surface area contributed by atoms with Crippen LogP contribution >= 0.6 is 7.75 Å². The Hall–Kier alpha value is -0.640. The second kappa shape index (κ2) is 3.85. The summed E-state index contributed by atoms with van der Waals surface area (Å²) in [6.07, 6.45) is 0. The van der Waals surface area contributed by atoms with E-state index < -0.39 is 13.7 Å². The Morgan fingerprint density at radius 1 is 1.58 bits per heavy atom. The number of hydrogen-bond acceptors (Lipinski definition) is 2. The highest BCUT2D eigenvalue weighted by Crippen LogP contribution is 2.40. The molecule has 0 aromatic rings. The second-order valence-electron chi connectivity index (χ2n) is 2.31. The van der Waals surface area contributed by atoms with E-state index in [9.17, 15) is 9.36 Å². The molecule has 6 heteroatoms. The summed E-state index contributed by atoms with van der Waals surface area (Å²) in [7, 11) is -4.46. The first-order chi connectivity index (χ1) is 5.30. The highest BCUT2D eigenvalue weighted by atomic mass is 31.2. The first kappa shape index (κ1) is 11.4. The van der Waals surface area contributed by atoms with Gasteiger partial charge in [0.15, 0.2) is 0 Å². The average Bonchev–Trinajstić information content (AvgIpc) is 1.85. The lowest BCUT2D eigenvalue weighted by atomic mass is 10.3. The van der Waals surface area contributed by atoms with Crippen molar-refractivity contribution in [2.24, 2.45) is 0 Å². The Morgan fingerprint density at radius 2 is 2.00 bits per heavy atom. The van der Waals surface area contributed by atoms with Crippen molar-refractivity contribution in [1.29, 1.82) is 0 Å². The van der Waals surface area contributed by atoms with E-state index in [0.717, 1.165) is 0 Å². The summed E-state index contributed by atoms with van der Waals surface area (Å²) in [6.45, 7) is 6.16. The lowest BCUT2D eigenvalue weighted by molar-refractivity contribution is -0.123. The predicted octanol–water partition coefficient (Wildman–Crippen LogP) is 0.504. The number of rotatable bonds is 3. The zero-order valence-corrected chi connectivity index (χ0v) is 7.91. The molecule has 0 radical (unpaired) electrons. The highest BCUT2D eigenvalue weighted by Gasteiger charge is 2.28. The van der Waals surface area contributed by atoms with Gasteiger partial charge in [-0.25, -0.2) is 9.24 Å². The summed E-state index contributed by atoms with van der Waals surface area (Å²) >= 11 is 0. The molecule has 0 rings (SSSR count). The van der Waals surface area contributed by atoms with Crippen molar-refractivity contribution in [3.8, 4) is 0 Å². The van der Waals surface area contributed by atoms with Crippen molar-refractivity contribution >= 4 is 13.7 Å². The molecule has 0 atom stereocenters. The molecular formula is C6H12NO4P. The van der Waals surface area contributed by atoms with Crippen LogP contribution in [0.2, 0.25) is 0 Å². The van der Waals surface area contributed by atoms with Crippen LogP contribution in [0.25, 0.3) is 0 Å². The van der Waals surface area contributed by atoms with E-state index in [1.807, 2.05) is 0 Å². The molecule has 70 valence electrons. The molecular weight excluding hydrogens is 181 g/mol. The van der Waals surface area contributed by atoms with Gasteiger partial charge < -0.3 is 9.79 Å². The summed E-state index contributed by atoms with van der Waals surface area (Å²) in [6, 6.07) is 0. The molecule has 0 aliphatic heterocycles. The molecule has 0 bridgehead atoms. The molecule has 0 spiro atoms. The summed E-state index contributed by atoms with van der Waals surface area (Å²) in [5.41, 5.74) is 0.111. The van der Waals surface area contributed by atoms with Gasteiger partial charge in [-0.3, -0.25) is 4.79 Å². The van der Waals surface area contributed by atoms with Crippen LogP contribution < -0.4 is 0 Å². The third-order valence-electron chi connectivity index (χ3n) is 1.21. The van der Waals surface area contributed by atoms with Gasteiger partial charge >= 0.3 is 7.75 Å². The maximum absolute atomic E-state index is 11.1. The average molecular weight is 193 g/mol. The molecule has 0 saturated carbocycles. The minimum absolute atomic E-state index is 0.0318. The van der Waals surface area contributed by atoms with Gasteiger partial charge in [-0.2, -0.15) is 0 Å². The monoisotopic (exact) mass is 193 g/mol. The van der Waals surface area contributed by atoms with Gasteiger partial charge in [0.2, 0.25) is 0 Å². The summed E-state index contributed by atoms with van der Waals surface area (Å²) in [5, 5.41) is 0. The number of carbonyl (C=O) groups is 1. The topological polar surface area (TPSA) is 77.8 Å². The quantitative estimate of drug-likeness (QED) is 0.505. The Kier molecular flexibility index (Phi) is 3.64. The first-order valence-electron chi connectivity index (χ1n) is 3.34. The van der Waals surface area contributed by atoms with Crippen LogP contribution in [-0.4, -0.2) is 26.9 Å². The van der Waals surface area contributed by atoms with E-state index in [2.05, 4.69) is 6.58 Å². The molecule has 0 aliphatic carbocycles. The maximum atomic E-state index is 11.1. The summed E-state index contributed by atoms with van der Waals surface area (Å²) in [5.74, 6) is -0.717. The number of carbonyl (C=O) groups excluding carboxylic acids is 1. The predicted molar refractivity (Wildman–Crippen MR) is 44.2 cm³/mol. The number of nitrogens with zero attached hydrogens (tertiary/aromatic N) is 1. The zero-order valence-electron chi connectivity index (χ0n) is 7.02. The van der Waals surface area contributed by atoms with Crippen LogP contribution in [0.1, 0.15) is 13.8 Å². The van der Waals surface area contributed by atoms with Crippen LogP contribution in [0.4, 0.5) is 0 Å². The van der Waals surface area contributed by atoms with Crippen molar-refractivity contribution in [3.05, 3.63) is 12.2 Å². The molecule has 1 amide bonds. The van der Waals surface area contributed by atoms with Crippen molar-refractivity contribution in [2.75, 3.05) is 6.54 Å². The Bertz CT molecular complexity index is 244. The van der Waals surface area contributed by atoms with Crippen molar-refractivity contribution < 1.29 is 19.1 Å². The van der Waals surface area contributed by atoms with Gasteiger partial charge in [0.05, 0.1) is 0 Å². The largest absolute Gasteiger partial charge is 0.432 e. The van der Waals surface area contributed by atoms with Crippen LogP contribution in [0, 0.1) is 0 Å². The molecule has 2 N–H and O–H groups in total. The molecule has 0 aromatic heterocycles. The van der Waals surface area contributed by atoms with Crippen LogP contribution in [0.5, 0.6) is 0 Å². The second-order valence-corrected chi connectivity index (χ2v) is 3.82. The minimum Gasteiger partial charge on any atom is -0.308 e. The molecule has 0 saturated heterocycles. The fraction of sp³-hybridized carbons (Fsp3) is 0.500. The smallest absolute Gasteiger partial charge is 0.308 e. The van der Waals surface area contributed by atoms with Crippen molar-refractivity contribution in [2.45, 2.75) is 13.8 Å². The van der Waals surface area contributed by atoms with E-state index in [1.165, 1.54) is 13.8 Å². The Labute approximate surface area is 70.9 Å². The normalized spacial score (nSPS) is 11.0. The zero-order chi connectivity index (χ0) is 9.94. The van der Waals surface area contributed by atoms with E-state index >= 15 is 0 Å². The van der Waals surface area contributed by atoms with Crippen LogP contribution in [0.15, 0.2) is 12.2 Å². The Morgan fingerprint density at radius 3 is 2.08 bits per heavy atom. The SMILES string of the molecule is C=C(C)C(=O)N(CC)P(=O)(O)O. The summed E-state index contributed by atoms with van der Waals surface area (Å²) < 4.78 is 11.1. The van der Waals surface area contributed by atoms with E-state index in [0.29, 0.717) is 4.67 Å². The fourth-order valence-electron chi connectivity index (χ4n) is 0.666. The number of hydrogen-bond donors (Lipinski definition) is 2. The molecule has 12 heavy (non-hydrogen) atoms. The highest BCUT2D eigenvalue weighted by molar-refractivity contribution is 7.50. The van der Waals surface area contributed by atoms with Gasteiger partial charge in [-0.15, -0.1) is 0 Å².